The third-order valence-electron chi connectivity index (χ3n) is 2.16. The lowest BCUT2D eigenvalue weighted by molar-refractivity contribution is 0.594. The van der Waals surface area contributed by atoms with Crippen molar-refractivity contribution in [2.45, 2.75) is 4.90 Å². The lowest BCUT2D eigenvalue weighted by Gasteiger charge is -2.17. The summed E-state index contributed by atoms with van der Waals surface area (Å²) >= 11 is 0. The molecular weight excluding hydrogens is 228 g/mol. The Balaban J connectivity index is 2.40. The first-order chi connectivity index (χ1) is 7.62. The molecule has 0 unspecified atom stereocenters. The number of nitrogens with one attached hydrogen (secondary N) is 1. The Bertz CT molecular complexity index is 550. The van der Waals surface area contributed by atoms with Gasteiger partial charge in [0, 0.05) is 25.6 Å². The summed E-state index contributed by atoms with van der Waals surface area (Å²) in [6.07, 6.45) is 5.69. The van der Waals surface area contributed by atoms with Crippen molar-refractivity contribution in [1.82, 2.24) is 15.2 Å². The molecule has 0 aliphatic carbocycles. The Labute approximate surface area is 93.0 Å². The normalized spacial score (nSPS) is 11.3. The van der Waals surface area contributed by atoms with Crippen molar-refractivity contribution < 1.29 is 8.42 Å². The van der Waals surface area contributed by atoms with E-state index < -0.39 is 10.0 Å². The highest BCUT2D eigenvalue weighted by Gasteiger charge is 2.21. The molecule has 2 aromatic rings. The molecule has 0 aliphatic heterocycles. The van der Waals surface area contributed by atoms with Gasteiger partial charge in [0.15, 0.2) is 0 Å². The van der Waals surface area contributed by atoms with Crippen LogP contribution in [-0.2, 0) is 10.0 Å². The standard InChI is InChI=1S/C9H10N4O2S/c1-13(8-2-4-10-5-3-8)16(14,15)9-6-11-12-7-9/h2-7H,1H3,(H,11,12). The summed E-state index contributed by atoms with van der Waals surface area (Å²) in [5, 5.41) is 6.10. The molecule has 16 heavy (non-hydrogen) atoms. The quantitative estimate of drug-likeness (QED) is 0.850. The van der Waals surface area contributed by atoms with E-state index in [1.165, 1.54) is 36.1 Å². The fourth-order valence-corrected chi connectivity index (χ4v) is 2.33. The van der Waals surface area contributed by atoms with E-state index in [1.807, 2.05) is 0 Å². The molecule has 0 amide bonds. The van der Waals surface area contributed by atoms with Gasteiger partial charge in [-0.1, -0.05) is 0 Å². The van der Waals surface area contributed by atoms with Crippen LogP contribution in [0, 0.1) is 0 Å². The minimum absolute atomic E-state index is 0.131. The largest absolute Gasteiger partial charge is 0.284 e. The van der Waals surface area contributed by atoms with Crippen molar-refractivity contribution in [2.24, 2.45) is 0 Å². The molecule has 2 heterocycles. The smallest absolute Gasteiger partial charge is 0.267 e. The van der Waals surface area contributed by atoms with E-state index >= 15 is 0 Å². The van der Waals surface area contributed by atoms with Crippen LogP contribution in [0.3, 0.4) is 0 Å². The van der Waals surface area contributed by atoms with Crippen LogP contribution in [0.2, 0.25) is 0 Å². The minimum atomic E-state index is -3.54. The molecule has 0 spiro atoms. The van der Waals surface area contributed by atoms with Crippen LogP contribution in [0.15, 0.2) is 41.8 Å². The summed E-state index contributed by atoms with van der Waals surface area (Å²) < 4.78 is 25.3. The SMILES string of the molecule is CN(c1ccncc1)S(=O)(=O)c1cn[nH]c1. The Morgan fingerprint density at radius 1 is 1.31 bits per heavy atom. The third kappa shape index (κ3) is 1.76. The highest BCUT2D eigenvalue weighted by Crippen LogP contribution is 2.19. The second-order valence-corrected chi connectivity index (χ2v) is 5.08. The van der Waals surface area contributed by atoms with Gasteiger partial charge in [0.05, 0.1) is 11.9 Å². The summed E-state index contributed by atoms with van der Waals surface area (Å²) in [4.78, 5) is 3.96. The predicted octanol–water partition coefficient (Wildman–Crippen LogP) is 0.630. The molecule has 2 aromatic heterocycles. The zero-order valence-electron chi connectivity index (χ0n) is 8.53. The number of pyridine rings is 1. The van der Waals surface area contributed by atoms with Crippen LogP contribution < -0.4 is 4.31 Å². The number of sulfonamides is 1. The van der Waals surface area contributed by atoms with Gasteiger partial charge in [0.25, 0.3) is 10.0 Å². The van der Waals surface area contributed by atoms with E-state index in [1.54, 1.807) is 12.1 Å². The molecule has 1 N–H and O–H groups in total. The van der Waals surface area contributed by atoms with Crippen molar-refractivity contribution in [1.29, 1.82) is 0 Å². The first kappa shape index (κ1) is 10.6. The van der Waals surface area contributed by atoms with E-state index in [4.69, 9.17) is 0 Å². The summed E-state index contributed by atoms with van der Waals surface area (Å²) in [5.41, 5.74) is 0.552. The molecule has 0 aliphatic rings. The van der Waals surface area contributed by atoms with Gasteiger partial charge in [-0.15, -0.1) is 0 Å². The number of anilines is 1. The summed E-state index contributed by atoms with van der Waals surface area (Å²) in [5.74, 6) is 0. The molecule has 7 heteroatoms. The van der Waals surface area contributed by atoms with Crippen LogP contribution in [0.5, 0.6) is 0 Å². The maximum absolute atomic E-state index is 12.0. The molecular formula is C9H10N4O2S. The first-order valence-corrected chi connectivity index (χ1v) is 5.94. The van der Waals surface area contributed by atoms with Gasteiger partial charge >= 0.3 is 0 Å². The van der Waals surface area contributed by atoms with Crippen LogP contribution in [0.4, 0.5) is 5.69 Å². The molecule has 0 aromatic carbocycles. The Morgan fingerprint density at radius 2 is 2.00 bits per heavy atom. The lowest BCUT2D eigenvalue weighted by atomic mass is 10.4. The molecule has 6 nitrogen and oxygen atoms in total. The number of nitrogens with zero attached hydrogens (tertiary/aromatic N) is 3. The van der Waals surface area contributed by atoms with E-state index in [0.29, 0.717) is 5.69 Å². The van der Waals surface area contributed by atoms with Crippen molar-refractivity contribution >= 4 is 15.7 Å². The number of hydrogen-bond donors (Lipinski definition) is 1. The fraction of sp³-hybridized carbons (Fsp3) is 0.111. The predicted molar refractivity (Wildman–Crippen MR) is 58.4 cm³/mol. The van der Waals surface area contributed by atoms with Crippen molar-refractivity contribution in [3.8, 4) is 0 Å². The summed E-state index contributed by atoms with van der Waals surface area (Å²) in [6.45, 7) is 0. The number of hydrogen-bond acceptors (Lipinski definition) is 4. The molecule has 0 fully saturated rings. The Kier molecular flexibility index (Phi) is 2.61. The second kappa shape index (κ2) is 3.93. The monoisotopic (exact) mass is 238 g/mol. The summed E-state index contributed by atoms with van der Waals surface area (Å²) in [6, 6.07) is 3.25. The van der Waals surface area contributed by atoms with E-state index in [-0.39, 0.29) is 4.90 Å². The van der Waals surface area contributed by atoms with E-state index in [2.05, 4.69) is 15.2 Å². The van der Waals surface area contributed by atoms with E-state index in [0.717, 1.165) is 0 Å². The first-order valence-electron chi connectivity index (χ1n) is 4.50. The number of aromatic amines is 1. The number of H-pyrrole nitrogens is 1. The number of rotatable bonds is 3. The minimum Gasteiger partial charge on any atom is -0.284 e. The maximum atomic E-state index is 12.0. The van der Waals surface area contributed by atoms with Gasteiger partial charge in [0.1, 0.15) is 4.90 Å². The topological polar surface area (TPSA) is 79.0 Å². The summed E-state index contributed by atoms with van der Waals surface area (Å²) in [7, 11) is -2.05. The van der Waals surface area contributed by atoms with Gasteiger partial charge in [-0.2, -0.15) is 5.10 Å². The van der Waals surface area contributed by atoms with Crippen molar-refractivity contribution in [3.63, 3.8) is 0 Å². The van der Waals surface area contributed by atoms with Crippen molar-refractivity contribution in [2.75, 3.05) is 11.4 Å². The molecule has 2 rings (SSSR count). The van der Waals surface area contributed by atoms with Crippen LogP contribution in [0.1, 0.15) is 0 Å². The van der Waals surface area contributed by atoms with Crippen LogP contribution in [-0.4, -0.2) is 30.6 Å². The molecule has 0 bridgehead atoms. The molecule has 0 saturated heterocycles. The highest BCUT2D eigenvalue weighted by molar-refractivity contribution is 7.92. The van der Waals surface area contributed by atoms with E-state index in [9.17, 15) is 8.42 Å². The Morgan fingerprint density at radius 3 is 2.56 bits per heavy atom. The maximum Gasteiger partial charge on any atom is 0.267 e. The van der Waals surface area contributed by atoms with Gasteiger partial charge in [0.2, 0.25) is 0 Å². The van der Waals surface area contributed by atoms with Crippen LogP contribution >= 0.6 is 0 Å². The van der Waals surface area contributed by atoms with Gasteiger partial charge in [-0.3, -0.25) is 14.4 Å². The van der Waals surface area contributed by atoms with Crippen LogP contribution in [0.25, 0.3) is 0 Å². The molecule has 84 valence electrons. The lowest BCUT2D eigenvalue weighted by Crippen LogP contribution is -2.26. The van der Waals surface area contributed by atoms with Gasteiger partial charge in [-0.25, -0.2) is 8.42 Å². The third-order valence-corrected chi connectivity index (χ3v) is 3.91. The molecule has 0 atom stereocenters. The average Bonchev–Trinajstić information content (AvgIpc) is 2.83. The average molecular weight is 238 g/mol. The fourth-order valence-electron chi connectivity index (χ4n) is 1.23. The van der Waals surface area contributed by atoms with Crippen molar-refractivity contribution in [3.05, 3.63) is 36.9 Å². The Hall–Kier alpha value is -1.89. The molecule has 0 saturated carbocycles. The highest BCUT2D eigenvalue weighted by atomic mass is 32.2. The zero-order chi connectivity index (χ0) is 11.6. The van der Waals surface area contributed by atoms with Gasteiger partial charge in [-0.05, 0) is 12.1 Å². The van der Waals surface area contributed by atoms with Gasteiger partial charge < -0.3 is 0 Å². The second-order valence-electron chi connectivity index (χ2n) is 3.11. The number of aromatic nitrogens is 3. The molecule has 0 radical (unpaired) electrons. The zero-order valence-corrected chi connectivity index (χ0v) is 9.35.